The van der Waals surface area contributed by atoms with E-state index in [1.165, 1.54) is 14.0 Å². The standard InChI is InChI=1S/C18H21NO4/c1-10-5-7-12(8-6-10)14-15(11(2)20)18(3,21)9-13-16(14)19-23-17(13)22-4/h5-8,14-15,21H,9H2,1-4H3. The number of ketones is 1. The van der Waals surface area contributed by atoms with Gasteiger partial charge in [-0.1, -0.05) is 35.0 Å². The topological polar surface area (TPSA) is 72.6 Å². The van der Waals surface area contributed by atoms with E-state index in [2.05, 4.69) is 5.16 Å². The molecule has 1 aliphatic carbocycles. The third kappa shape index (κ3) is 2.55. The predicted octanol–water partition coefficient (Wildman–Crippen LogP) is 2.64. The molecule has 0 radical (unpaired) electrons. The summed E-state index contributed by atoms with van der Waals surface area (Å²) in [6.45, 7) is 5.21. The molecule has 1 aromatic heterocycles. The highest BCUT2D eigenvalue weighted by molar-refractivity contribution is 5.82. The lowest BCUT2D eigenvalue weighted by Crippen LogP contribution is -2.48. The van der Waals surface area contributed by atoms with Gasteiger partial charge in [0.05, 0.1) is 29.9 Å². The number of methoxy groups -OCH3 is 1. The minimum absolute atomic E-state index is 0.0619. The van der Waals surface area contributed by atoms with Crippen molar-refractivity contribution in [3.05, 3.63) is 46.6 Å². The van der Waals surface area contributed by atoms with Gasteiger partial charge in [0.25, 0.3) is 0 Å². The number of hydrogen-bond donors (Lipinski definition) is 1. The first-order valence-electron chi connectivity index (χ1n) is 7.67. The number of nitrogens with zero attached hydrogens (tertiary/aromatic N) is 1. The zero-order chi connectivity index (χ0) is 16.8. The number of hydrogen-bond acceptors (Lipinski definition) is 5. The Morgan fingerprint density at radius 1 is 1.39 bits per heavy atom. The van der Waals surface area contributed by atoms with Gasteiger partial charge >= 0.3 is 5.95 Å². The van der Waals surface area contributed by atoms with Gasteiger partial charge in [-0.3, -0.25) is 4.79 Å². The fourth-order valence-electron chi connectivity index (χ4n) is 3.65. The molecule has 5 nitrogen and oxygen atoms in total. The highest BCUT2D eigenvalue weighted by atomic mass is 16.6. The molecule has 1 heterocycles. The minimum atomic E-state index is -1.19. The molecule has 23 heavy (non-hydrogen) atoms. The van der Waals surface area contributed by atoms with Crippen molar-refractivity contribution in [2.45, 2.75) is 38.7 Å². The van der Waals surface area contributed by atoms with Gasteiger partial charge in [-0.2, -0.15) is 0 Å². The molecule has 122 valence electrons. The fraction of sp³-hybridized carbons (Fsp3) is 0.444. The van der Waals surface area contributed by atoms with Crippen LogP contribution in [0.1, 0.15) is 42.1 Å². The van der Waals surface area contributed by atoms with Crippen LogP contribution in [0.3, 0.4) is 0 Å². The van der Waals surface area contributed by atoms with Crippen molar-refractivity contribution in [2.24, 2.45) is 5.92 Å². The lowest BCUT2D eigenvalue weighted by molar-refractivity contribution is -0.131. The predicted molar refractivity (Wildman–Crippen MR) is 84.6 cm³/mol. The van der Waals surface area contributed by atoms with Gasteiger partial charge in [-0.05, 0) is 26.3 Å². The van der Waals surface area contributed by atoms with Gasteiger partial charge in [0.1, 0.15) is 5.78 Å². The van der Waals surface area contributed by atoms with E-state index in [1.807, 2.05) is 31.2 Å². The molecular formula is C18H21NO4. The summed E-state index contributed by atoms with van der Waals surface area (Å²) in [6, 6.07) is 7.93. The molecule has 3 atom stereocenters. The van der Waals surface area contributed by atoms with Crippen molar-refractivity contribution in [3.8, 4) is 5.95 Å². The van der Waals surface area contributed by atoms with E-state index in [-0.39, 0.29) is 18.1 Å². The minimum Gasteiger partial charge on any atom is -0.467 e. The molecule has 0 spiro atoms. The van der Waals surface area contributed by atoms with Crippen LogP contribution >= 0.6 is 0 Å². The van der Waals surface area contributed by atoms with Crippen LogP contribution in [-0.4, -0.2) is 28.8 Å². The lowest BCUT2D eigenvalue weighted by Gasteiger charge is -2.40. The van der Waals surface area contributed by atoms with Crippen LogP contribution < -0.4 is 4.74 Å². The Labute approximate surface area is 135 Å². The lowest BCUT2D eigenvalue weighted by atomic mass is 9.65. The maximum Gasteiger partial charge on any atom is 0.314 e. The number of benzene rings is 1. The number of fused-ring (bicyclic) bond motifs is 1. The molecule has 0 aliphatic heterocycles. The Morgan fingerprint density at radius 2 is 2.04 bits per heavy atom. The quantitative estimate of drug-likeness (QED) is 0.942. The molecule has 2 aromatic rings. The Kier molecular flexibility index (Phi) is 3.76. The van der Waals surface area contributed by atoms with Crippen LogP contribution in [0, 0.1) is 12.8 Å². The van der Waals surface area contributed by atoms with Crippen molar-refractivity contribution in [2.75, 3.05) is 7.11 Å². The van der Waals surface area contributed by atoms with Crippen LogP contribution in [-0.2, 0) is 11.2 Å². The average molecular weight is 315 g/mol. The summed E-state index contributed by atoms with van der Waals surface area (Å²) in [7, 11) is 1.51. The summed E-state index contributed by atoms with van der Waals surface area (Å²) in [4.78, 5) is 12.3. The molecular weight excluding hydrogens is 294 g/mol. The van der Waals surface area contributed by atoms with Crippen molar-refractivity contribution in [1.29, 1.82) is 0 Å². The largest absolute Gasteiger partial charge is 0.467 e. The molecule has 0 bridgehead atoms. The van der Waals surface area contributed by atoms with Crippen molar-refractivity contribution in [1.82, 2.24) is 5.16 Å². The summed E-state index contributed by atoms with van der Waals surface area (Å²) in [5, 5.41) is 15.1. The van der Waals surface area contributed by atoms with Crippen LogP contribution in [0.2, 0.25) is 0 Å². The molecule has 0 saturated heterocycles. The van der Waals surface area contributed by atoms with Gasteiger partial charge in [0.2, 0.25) is 0 Å². The molecule has 3 rings (SSSR count). The monoisotopic (exact) mass is 315 g/mol. The second-order valence-corrected chi connectivity index (χ2v) is 6.55. The van der Waals surface area contributed by atoms with E-state index in [0.717, 1.165) is 16.7 Å². The summed E-state index contributed by atoms with van der Waals surface area (Å²) in [6.07, 6.45) is 0.279. The summed E-state index contributed by atoms with van der Waals surface area (Å²) < 4.78 is 10.5. The molecule has 0 amide bonds. The molecule has 1 aliphatic rings. The molecule has 5 heteroatoms. The number of carbonyl (C=O) groups excluding carboxylic acids is 1. The van der Waals surface area contributed by atoms with Crippen molar-refractivity contribution < 1.29 is 19.2 Å². The molecule has 3 unspecified atom stereocenters. The second kappa shape index (κ2) is 5.49. The first-order valence-corrected chi connectivity index (χ1v) is 7.67. The smallest absolute Gasteiger partial charge is 0.314 e. The number of aromatic nitrogens is 1. The van der Waals surface area contributed by atoms with Gasteiger partial charge < -0.3 is 14.4 Å². The highest BCUT2D eigenvalue weighted by Crippen LogP contribution is 2.48. The summed E-state index contributed by atoms with van der Waals surface area (Å²) in [5.41, 5.74) is 2.30. The van der Waals surface area contributed by atoms with Crippen LogP contribution in [0.5, 0.6) is 5.95 Å². The molecule has 0 saturated carbocycles. The zero-order valence-corrected chi connectivity index (χ0v) is 13.8. The zero-order valence-electron chi connectivity index (χ0n) is 13.8. The van der Waals surface area contributed by atoms with Crippen molar-refractivity contribution in [3.63, 3.8) is 0 Å². The number of carbonyl (C=O) groups is 1. The Balaban J connectivity index is 2.21. The van der Waals surface area contributed by atoms with E-state index >= 15 is 0 Å². The van der Waals surface area contributed by atoms with Crippen LogP contribution in [0.25, 0.3) is 0 Å². The first kappa shape index (κ1) is 15.7. The van der Waals surface area contributed by atoms with Crippen molar-refractivity contribution >= 4 is 5.78 Å². The number of rotatable bonds is 3. The third-order valence-corrected chi connectivity index (χ3v) is 4.67. The maximum absolute atomic E-state index is 12.3. The third-order valence-electron chi connectivity index (χ3n) is 4.67. The van der Waals surface area contributed by atoms with Gasteiger partial charge in [-0.25, -0.2) is 0 Å². The Hall–Kier alpha value is -2.14. The average Bonchev–Trinajstić information content (AvgIpc) is 2.87. The fourth-order valence-corrected chi connectivity index (χ4v) is 3.65. The van der Waals surface area contributed by atoms with E-state index in [9.17, 15) is 9.90 Å². The SMILES string of the molecule is COc1onc2c1CC(C)(O)C(C(C)=O)C2c1ccc(C)cc1. The van der Waals surface area contributed by atoms with Gasteiger partial charge in [0.15, 0.2) is 0 Å². The van der Waals surface area contributed by atoms with Gasteiger partial charge in [-0.15, -0.1) is 0 Å². The van der Waals surface area contributed by atoms with Crippen LogP contribution in [0.4, 0.5) is 0 Å². The van der Waals surface area contributed by atoms with E-state index in [1.54, 1.807) is 6.92 Å². The normalized spacial score (nSPS) is 26.7. The second-order valence-electron chi connectivity index (χ2n) is 6.55. The maximum atomic E-state index is 12.3. The molecule has 1 N–H and O–H groups in total. The Morgan fingerprint density at radius 3 is 2.61 bits per heavy atom. The van der Waals surface area contributed by atoms with E-state index in [0.29, 0.717) is 11.6 Å². The first-order chi connectivity index (χ1) is 10.8. The summed E-state index contributed by atoms with van der Waals surface area (Å²) in [5.74, 6) is -0.681. The number of ether oxygens (including phenoxy) is 1. The Bertz CT molecular complexity index is 730. The van der Waals surface area contributed by atoms with E-state index < -0.39 is 11.5 Å². The summed E-state index contributed by atoms with van der Waals surface area (Å²) >= 11 is 0. The number of aliphatic hydroxyl groups is 1. The highest BCUT2D eigenvalue weighted by Gasteiger charge is 2.50. The number of Topliss-reactive ketones (excluding diaryl/α,β-unsaturated/α-hetero) is 1. The number of aryl methyl sites for hydroxylation is 1. The van der Waals surface area contributed by atoms with E-state index in [4.69, 9.17) is 9.26 Å². The van der Waals surface area contributed by atoms with Gasteiger partial charge in [0, 0.05) is 12.3 Å². The van der Waals surface area contributed by atoms with Crippen LogP contribution in [0.15, 0.2) is 28.8 Å². The molecule has 1 aromatic carbocycles. The molecule has 0 fully saturated rings.